The molecule has 0 radical (unpaired) electrons. The average Bonchev–Trinajstić information content (AvgIpc) is 2.94. The van der Waals surface area contributed by atoms with Crippen molar-refractivity contribution < 1.29 is 0 Å². The molecule has 3 aliphatic rings. The summed E-state index contributed by atoms with van der Waals surface area (Å²) in [6, 6.07) is 0. The highest BCUT2D eigenvalue weighted by atomic mass is 14.6. The van der Waals surface area contributed by atoms with Crippen LogP contribution in [0.2, 0.25) is 0 Å². The second-order valence-electron chi connectivity index (χ2n) is 10.7. The lowest BCUT2D eigenvalue weighted by atomic mass is 9.48. The van der Waals surface area contributed by atoms with E-state index in [1.54, 1.807) is 0 Å². The van der Waals surface area contributed by atoms with E-state index in [0.717, 1.165) is 29.6 Å². The van der Waals surface area contributed by atoms with Gasteiger partial charge in [0, 0.05) is 0 Å². The van der Waals surface area contributed by atoms with E-state index in [1.807, 2.05) is 0 Å². The summed E-state index contributed by atoms with van der Waals surface area (Å²) in [4.78, 5) is 0. The van der Waals surface area contributed by atoms with E-state index in [0.29, 0.717) is 10.8 Å². The summed E-state index contributed by atoms with van der Waals surface area (Å²) in [7, 11) is 0. The highest BCUT2D eigenvalue weighted by Gasteiger charge is 2.51. The van der Waals surface area contributed by atoms with Gasteiger partial charge in [-0.05, 0) is 91.8 Å². The van der Waals surface area contributed by atoms with Crippen LogP contribution < -0.4 is 0 Å². The molecule has 0 amide bonds. The molecule has 25 heavy (non-hydrogen) atoms. The molecule has 0 heteroatoms. The molecule has 0 aromatic carbocycles. The second kappa shape index (κ2) is 7.77. The van der Waals surface area contributed by atoms with Gasteiger partial charge in [-0.3, -0.25) is 0 Å². The van der Waals surface area contributed by atoms with Gasteiger partial charge in [0.25, 0.3) is 0 Å². The van der Waals surface area contributed by atoms with Crippen LogP contribution in [0.15, 0.2) is 12.7 Å². The Kier molecular flexibility index (Phi) is 6.06. The molecule has 0 aromatic heterocycles. The number of hydrogen-bond acceptors (Lipinski definition) is 0. The van der Waals surface area contributed by atoms with Crippen LogP contribution in [0, 0.1) is 40.4 Å². The quantitative estimate of drug-likeness (QED) is 0.428. The maximum atomic E-state index is 4.03. The van der Waals surface area contributed by atoms with Crippen molar-refractivity contribution in [3.8, 4) is 0 Å². The molecule has 144 valence electrons. The fourth-order valence-corrected chi connectivity index (χ4v) is 7.86. The topological polar surface area (TPSA) is 0 Å². The highest BCUT2D eigenvalue weighted by molar-refractivity contribution is 5.01. The molecule has 0 aliphatic heterocycles. The first-order valence-corrected chi connectivity index (χ1v) is 11.6. The van der Waals surface area contributed by atoms with Gasteiger partial charge in [0.05, 0.1) is 0 Å². The van der Waals surface area contributed by atoms with Gasteiger partial charge in [-0.25, -0.2) is 0 Å². The molecule has 0 N–H and O–H groups in total. The minimum Gasteiger partial charge on any atom is -0.103 e. The first-order chi connectivity index (χ1) is 11.9. The van der Waals surface area contributed by atoms with Crippen molar-refractivity contribution in [3.63, 3.8) is 0 Å². The lowest BCUT2D eigenvalue weighted by molar-refractivity contribution is -0.0761. The summed E-state index contributed by atoms with van der Waals surface area (Å²) in [5.41, 5.74) is 1.23. The van der Waals surface area contributed by atoms with E-state index >= 15 is 0 Å². The Morgan fingerprint density at radius 1 is 1.08 bits per heavy atom. The second-order valence-corrected chi connectivity index (χ2v) is 10.7. The van der Waals surface area contributed by atoms with Crippen molar-refractivity contribution >= 4 is 0 Å². The Labute approximate surface area is 158 Å². The molecule has 0 nitrogen and oxygen atoms in total. The highest BCUT2D eigenvalue weighted by Crippen LogP contribution is 2.60. The third-order valence-electron chi connectivity index (χ3n) is 9.39. The third-order valence-corrected chi connectivity index (χ3v) is 9.39. The smallest absolute Gasteiger partial charge is 0.0264 e. The van der Waals surface area contributed by atoms with Gasteiger partial charge in [-0.2, -0.15) is 0 Å². The molecule has 3 saturated carbocycles. The van der Waals surface area contributed by atoms with Crippen molar-refractivity contribution in [3.05, 3.63) is 12.7 Å². The molecule has 7 atom stereocenters. The molecular weight excluding hydrogens is 300 g/mol. The predicted molar refractivity (Wildman–Crippen MR) is 111 cm³/mol. The standard InChI is InChI=1S/C25H44/c1-6-11-21-12-10-15-24(21,4)17-14-22-19(3)18-20(7-2)23-13-8-9-16-25(22,23)5/h6,19-23H,1,7-18H2,2-5H3/t19?,20-,21?,22?,23?,24?,25?/m0/s1. The van der Waals surface area contributed by atoms with E-state index < -0.39 is 0 Å². The van der Waals surface area contributed by atoms with Crippen molar-refractivity contribution in [1.82, 2.24) is 0 Å². The lowest BCUT2D eigenvalue weighted by Crippen LogP contribution is -2.49. The van der Waals surface area contributed by atoms with Crippen molar-refractivity contribution in [2.45, 2.75) is 105 Å². The van der Waals surface area contributed by atoms with Crippen LogP contribution in [0.1, 0.15) is 105 Å². The fourth-order valence-electron chi connectivity index (χ4n) is 7.86. The first-order valence-electron chi connectivity index (χ1n) is 11.6. The number of rotatable bonds is 6. The van der Waals surface area contributed by atoms with Gasteiger partial charge in [-0.1, -0.05) is 59.5 Å². The van der Waals surface area contributed by atoms with Crippen LogP contribution in [-0.4, -0.2) is 0 Å². The molecule has 3 aliphatic carbocycles. The van der Waals surface area contributed by atoms with Crippen LogP contribution >= 0.6 is 0 Å². The normalized spacial score (nSPS) is 47.4. The van der Waals surface area contributed by atoms with Crippen LogP contribution in [0.4, 0.5) is 0 Å². The molecule has 0 spiro atoms. The molecule has 0 aromatic rings. The third kappa shape index (κ3) is 3.61. The minimum atomic E-state index is 0.593. The first kappa shape index (κ1) is 19.5. The average molecular weight is 345 g/mol. The van der Waals surface area contributed by atoms with Gasteiger partial charge in [0.2, 0.25) is 0 Å². The zero-order chi connectivity index (χ0) is 18.1. The SMILES string of the molecule is C=CCC1CCCC1(C)CCC1C(C)C[C@H](CC)C2CCCCC12C. The van der Waals surface area contributed by atoms with E-state index in [2.05, 4.69) is 40.3 Å². The maximum absolute atomic E-state index is 4.03. The summed E-state index contributed by atoms with van der Waals surface area (Å²) in [6.45, 7) is 14.4. The summed E-state index contributed by atoms with van der Waals surface area (Å²) >= 11 is 0. The van der Waals surface area contributed by atoms with E-state index in [1.165, 1.54) is 77.0 Å². The maximum Gasteiger partial charge on any atom is -0.0264 e. The van der Waals surface area contributed by atoms with E-state index in [-0.39, 0.29) is 0 Å². The lowest BCUT2D eigenvalue weighted by Gasteiger charge is -2.57. The van der Waals surface area contributed by atoms with Gasteiger partial charge in [0.15, 0.2) is 0 Å². The summed E-state index contributed by atoms with van der Waals surface area (Å²) < 4.78 is 0. The Hall–Kier alpha value is -0.260. The fraction of sp³-hybridized carbons (Fsp3) is 0.920. The van der Waals surface area contributed by atoms with Crippen molar-refractivity contribution in [1.29, 1.82) is 0 Å². The zero-order valence-corrected chi connectivity index (χ0v) is 17.7. The summed E-state index contributed by atoms with van der Waals surface area (Å²) in [5, 5.41) is 0. The molecule has 0 heterocycles. The molecule has 6 unspecified atom stereocenters. The monoisotopic (exact) mass is 344 g/mol. The van der Waals surface area contributed by atoms with Crippen LogP contribution in [-0.2, 0) is 0 Å². The predicted octanol–water partition coefficient (Wildman–Crippen LogP) is 8.03. The Balaban J connectivity index is 1.73. The van der Waals surface area contributed by atoms with Gasteiger partial charge in [-0.15, -0.1) is 6.58 Å². The van der Waals surface area contributed by atoms with E-state index in [9.17, 15) is 0 Å². The Morgan fingerprint density at radius 2 is 1.88 bits per heavy atom. The van der Waals surface area contributed by atoms with Gasteiger partial charge >= 0.3 is 0 Å². The van der Waals surface area contributed by atoms with Crippen LogP contribution in [0.25, 0.3) is 0 Å². The van der Waals surface area contributed by atoms with Gasteiger partial charge in [0.1, 0.15) is 0 Å². The number of fused-ring (bicyclic) bond motifs is 1. The zero-order valence-electron chi connectivity index (χ0n) is 17.7. The molecule has 3 fully saturated rings. The minimum absolute atomic E-state index is 0.593. The Bertz CT molecular complexity index is 451. The summed E-state index contributed by atoms with van der Waals surface area (Å²) in [5.74, 6) is 4.84. The molecular formula is C25H44. The van der Waals surface area contributed by atoms with Crippen LogP contribution in [0.3, 0.4) is 0 Å². The van der Waals surface area contributed by atoms with E-state index in [4.69, 9.17) is 0 Å². The summed E-state index contributed by atoms with van der Waals surface area (Å²) in [6.07, 6.45) is 19.7. The molecule has 3 rings (SSSR count). The molecule has 0 saturated heterocycles. The van der Waals surface area contributed by atoms with Crippen molar-refractivity contribution in [2.75, 3.05) is 0 Å². The largest absolute Gasteiger partial charge is 0.103 e. The van der Waals surface area contributed by atoms with Crippen LogP contribution in [0.5, 0.6) is 0 Å². The number of hydrogen-bond donors (Lipinski definition) is 0. The van der Waals surface area contributed by atoms with Gasteiger partial charge < -0.3 is 0 Å². The Morgan fingerprint density at radius 3 is 2.60 bits per heavy atom. The van der Waals surface area contributed by atoms with Crippen molar-refractivity contribution in [2.24, 2.45) is 40.4 Å². The number of allylic oxidation sites excluding steroid dienone is 1. The molecule has 0 bridgehead atoms.